The van der Waals surface area contributed by atoms with Crippen molar-refractivity contribution in [2.45, 2.75) is 138 Å². The van der Waals surface area contributed by atoms with Gasteiger partial charge in [0.2, 0.25) is 0 Å². The van der Waals surface area contributed by atoms with Gasteiger partial charge in [0.1, 0.15) is 0 Å². The predicted octanol–water partition coefficient (Wildman–Crippen LogP) is 8.72. The summed E-state index contributed by atoms with van der Waals surface area (Å²) in [6.45, 7) is 20.3. The zero-order chi connectivity index (χ0) is 22.5. The third-order valence-corrected chi connectivity index (χ3v) is 12.6. The predicted molar refractivity (Wildman–Crippen MR) is 131 cm³/mol. The van der Waals surface area contributed by atoms with Crippen molar-refractivity contribution < 1.29 is 4.74 Å². The fourth-order valence-electron chi connectivity index (χ4n) is 10.6. The van der Waals surface area contributed by atoms with Crippen LogP contribution in [0.4, 0.5) is 0 Å². The lowest BCUT2D eigenvalue weighted by molar-refractivity contribution is -0.249. The number of fused-ring (bicyclic) bond motifs is 4. The van der Waals surface area contributed by atoms with E-state index >= 15 is 0 Å². The van der Waals surface area contributed by atoms with Crippen molar-refractivity contribution in [2.24, 2.45) is 38.9 Å². The first kappa shape index (κ1) is 22.5. The van der Waals surface area contributed by atoms with Crippen molar-refractivity contribution in [3.8, 4) is 0 Å². The summed E-state index contributed by atoms with van der Waals surface area (Å²) < 4.78 is 7.12. The van der Waals surface area contributed by atoms with Crippen molar-refractivity contribution >= 4 is 0 Å². The number of ether oxygens (including phenoxy) is 1. The fourth-order valence-corrected chi connectivity index (χ4v) is 10.6. The van der Waals surface area contributed by atoms with E-state index < -0.39 is 0 Å². The van der Waals surface area contributed by atoms with Gasteiger partial charge in [-0.25, -0.2) is 0 Å². The summed E-state index contributed by atoms with van der Waals surface area (Å²) in [5, 5.41) is 0. The largest absolute Gasteiger partial charge is 0.370 e. The van der Waals surface area contributed by atoms with E-state index in [-0.39, 0.29) is 5.60 Å². The molecular formula is C30H50O. The molecule has 5 fully saturated rings. The van der Waals surface area contributed by atoms with Gasteiger partial charge in [0.25, 0.3) is 0 Å². The van der Waals surface area contributed by atoms with E-state index in [0.717, 1.165) is 11.8 Å². The first-order chi connectivity index (χ1) is 14.3. The minimum atomic E-state index is 0.179. The highest BCUT2D eigenvalue weighted by Gasteiger charge is 2.76. The Hall–Kier alpha value is -0.300. The van der Waals surface area contributed by atoms with Crippen LogP contribution in [0.5, 0.6) is 0 Å². The molecule has 0 aromatic heterocycles. The third kappa shape index (κ3) is 2.77. The summed E-state index contributed by atoms with van der Waals surface area (Å²) in [4.78, 5) is 0. The van der Waals surface area contributed by atoms with Crippen LogP contribution < -0.4 is 0 Å². The van der Waals surface area contributed by atoms with Crippen molar-refractivity contribution in [1.82, 2.24) is 0 Å². The molecule has 2 aliphatic heterocycles. The smallest absolute Gasteiger partial charge is 0.0777 e. The Morgan fingerprint density at radius 1 is 0.806 bits per heavy atom. The summed E-state index contributed by atoms with van der Waals surface area (Å²) >= 11 is 0. The molecule has 3 saturated carbocycles. The van der Waals surface area contributed by atoms with Crippen LogP contribution in [0.3, 0.4) is 0 Å². The van der Waals surface area contributed by atoms with Gasteiger partial charge in [-0.3, -0.25) is 0 Å². The quantitative estimate of drug-likeness (QED) is 0.410. The molecule has 1 heteroatoms. The van der Waals surface area contributed by atoms with Crippen LogP contribution in [0.15, 0.2) is 11.6 Å². The molecule has 1 spiro atoms. The van der Waals surface area contributed by atoms with Gasteiger partial charge in [0, 0.05) is 5.41 Å². The Kier molecular flexibility index (Phi) is 4.82. The lowest BCUT2D eigenvalue weighted by Crippen LogP contribution is -2.67. The van der Waals surface area contributed by atoms with Crippen LogP contribution in [0.1, 0.15) is 126 Å². The maximum Gasteiger partial charge on any atom is 0.0777 e. The number of allylic oxidation sites excluding steroid dienone is 2. The van der Waals surface area contributed by atoms with E-state index in [9.17, 15) is 0 Å². The average molecular weight is 427 g/mol. The molecule has 2 heterocycles. The molecule has 8 unspecified atom stereocenters. The van der Waals surface area contributed by atoms with Gasteiger partial charge in [0.15, 0.2) is 0 Å². The topological polar surface area (TPSA) is 9.23 Å². The minimum absolute atomic E-state index is 0.179. The van der Waals surface area contributed by atoms with Crippen molar-refractivity contribution in [1.29, 1.82) is 0 Å². The summed E-state index contributed by atoms with van der Waals surface area (Å²) in [5.74, 6) is 1.62. The van der Waals surface area contributed by atoms with Crippen LogP contribution in [0, 0.1) is 38.9 Å². The van der Waals surface area contributed by atoms with Crippen LogP contribution >= 0.6 is 0 Å². The molecule has 5 rings (SSSR count). The first-order valence-electron chi connectivity index (χ1n) is 13.6. The Morgan fingerprint density at radius 3 is 2.19 bits per heavy atom. The Labute approximate surface area is 193 Å². The molecule has 2 saturated heterocycles. The van der Waals surface area contributed by atoms with Gasteiger partial charge in [-0.15, -0.1) is 0 Å². The van der Waals surface area contributed by atoms with Gasteiger partial charge in [-0.2, -0.15) is 0 Å². The Bertz CT molecular complexity index is 775. The fraction of sp³-hybridized carbons (Fsp3) is 0.933. The first-order valence-corrected chi connectivity index (χ1v) is 13.6. The van der Waals surface area contributed by atoms with Gasteiger partial charge in [-0.05, 0) is 118 Å². The van der Waals surface area contributed by atoms with Crippen molar-refractivity contribution in [3.05, 3.63) is 11.6 Å². The lowest BCUT2D eigenvalue weighted by atomic mass is 9.33. The molecule has 31 heavy (non-hydrogen) atoms. The Balaban J connectivity index is 1.45. The van der Waals surface area contributed by atoms with E-state index in [1.54, 1.807) is 0 Å². The molecule has 0 aromatic rings. The maximum absolute atomic E-state index is 7.12. The molecule has 1 nitrogen and oxygen atoms in total. The normalized spacial score (nSPS) is 54.6. The molecule has 0 amide bonds. The molecule has 5 aliphatic rings. The summed E-state index contributed by atoms with van der Waals surface area (Å²) in [7, 11) is 0. The highest BCUT2D eigenvalue weighted by molar-refractivity contribution is 5.24. The summed E-state index contributed by atoms with van der Waals surface area (Å²) in [6, 6.07) is 0. The highest BCUT2D eigenvalue weighted by Crippen LogP contribution is 2.78. The third-order valence-electron chi connectivity index (χ3n) is 12.6. The van der Waals surface area contributed by atoms with E-state index in [1.165, 1.54) is 76.2 Å². The van der Waals surface area contributed by atoms with E-state index in [4.69, 9.17) is 4.74 Å². The highest BCUT2D eigenvalue weighted by atomic mass is 16.5. The monoisotopic (exact) mass is 426 g/mol. The summed E-state index contributed by atoms with van der Waals surface area (Å²) in [5.41, 5.74) is 3.90. The molecule has 176 valence electrons. The van der Waals surface area contributed by atoms with Crippen LogP contribution in [-0.4, -0.2) is 11.7 Å². The number of rotatable bonds is 3. The van der Waals surface area contributed by atoms with E-state index in [2.05, 4.69) is 61.5 Å². The lowest BCUT2D eigenvalue weighted by Gasteiger charge is -2.71. The molecular weight excluding hydrogens is 376 g/mol. The van der Waals surface area contributed by atoms with Gasteiger partial charge in [-0.1, -0.05) is 53.2 Å². The number of hydrogen-bond donors (Lipinski definition) is 0. The standard InChI is InChI=1S/C30H50O/c1-21(2)10-9-14-26(5)16-18-28(7)23-12-11-22-25(3,4)24-13-15-30(22,31-24)29(23,8)19-17-27(28,6)20-26/h10,22-24H,9,11-20H2,1-8H3. The second kappa shape index (κ2) is 6.64. The second-order valence-corrected chi connectivity index (χ2v) is 14.7. The number of hydrogen-bond acceptors (Lipinski definition) is 1. The van der Waals surface area contributed by atoms with Gasteiger partial charge >= 0.3 is 0 Å². The summed E-state index contributed by atoms with van der Waals surface area (Å²) in [6.07, 6.45) is 18.2. The zero-order valence-corrected chi connectivity index (χ0v) is 22.0. The van der Waals surface area contributed by atoms with Crippen molar-refractivity contribution in [3.63, 3.8) is 0 Å². The minimum Gasteiger partial charge on any atom is -0.370 e. The zero-order valence-electron chi connectivity index (χ0n) is 22.0. The molecule has 8 atom stereocenters. The molecule has 3 aliphatic carbocycles. The Morgan fingerprint density at radius 2 is 1.48 bits per heavy atom. The van der Waals surface area contributed by atoms with Gasteiger partial charge < -0.3 is 4.74 Å². The molecule has 0 N–H and O–H groups in total. The van der Waals surface area contributed by atoms with E-state index in [1.807, 2.05) is 0 Å². The molecule has 0 aromatic carbocycles. The second-order valence-electron chi connectivity index (χ2n) is 14.7. The SMILES string of the molecule is CC(C)=CCCC1(C)CCC2(C)C3CCC4C(C)(C)C5CCC4(O5)C3(C)CCC2(C)C1. The van der Waals surface area contributed by atoms with E-state index in [0.29, 0.717) is 33.2 Å². The van der Waals surface area contributed by atoms with Crippen LogP contribution in [0.2, 0.25) is 0 Å². The van der Waals surface area contributed by atoms with Crippen LogP contribution in [-0.2, 0) is 4.74 Å². The molecule has 0 radical (unpaired) electrons. The molecule has 2 bridgehead atoms. The maximum atomic E-state index is 7.12. The van der Waals surface area contributed by atoms with Crippen molar-refractivity contribution in [2.75, 3.05) is 0 Å². The average Bonchev–Trinajstić information content (AvgIpc) is 3.20. The van der Waals surface area contributed by atoms with Crippen LogP contribution in [0.25, 0.3) is 0 Å². The van der Waals surface area contributed by atoms with Gasteiger partial charge in [0.05, 0.1) is 11.7 Å².